The van der Waals surface area contributed by atoms with E-state index in [1.165, 1.54) is 11.0 Å². The van der Waals surface area contributed by atoms with Crippen LogP contribution in [0.1, 0.15) is 24.4 Å². The average Bonchev–Trinajstić information content (AvgIpc) is 3.21. The zero-order valence-corrected chi connectivity index (χ0v) is 20.6. The lowest BCUT2D eigenvalue weighted by Gasteiger charge is -2.22. The van der Waals surface area contributed by atoms with Crippen LogP contribution in [-0.4, -0.2) is 59.7 Å². The number of rotatable bonds is 7. The Morgan fingerprint density at radius 3 is 2.61 bits per heavy atom. The van der Waals surface area contributed by atoms with Crippen LogP contribution in [0.25, 0.3) is 0 Å². The summed E-state index contributed by atoms with van der Waals surface area (Å²) in [7, 11) is 0. The van der Waals surface area contributed by atoms with Crippen LogP contribution in [0.5, 0.6) is 0 Å². The van der Waals surface area contributed by atoms with Crippen molar-refractivity contribution in [1.29, 1.82) is 0 Å². The third-order valence-electron chi connectivity index (χ3n) is 5.86. The van der Waals surface area contributed by atoms with Crippen molar-refractivity contribution in [2.75, 3.05) is 29.9 Å². The summed E-state index contributed by atoms with van der Waals surface area (Å²) in [6.07, 6.45) is -0.903. The Hall–Kier alpha value is -3.34. The van der Waals surface area contributed by atoms with E-state index in [0.29, 0.717) is 46.0 Å². The molecule has 2 aromatic rings. The maximum absolute atomic E-state index is 13.1. The number of amides is 2. The van der Waals surface area contributed by atoms with Gasteiger partial charge < -0.3 is 31.1 Å². The van der Waals surface area contributed by atoms with Crippen molar-refractivity contribution in [3.63, 3.8) is 0 Å². The van der Waals surface area contributed by atoms with Crippen LogP contribution in [0.15, 0.2) is 47.5 Å². The largest absolute Gasteiger partial charge is 0.481 e. The number of anilines is 2. The van der Waals surface area contributed by atoms with Gasteiger partial charge in [-0.25, -0.2) is 0 Å². The number of β-amino-alcohol motifs (C(OH)–C–C–N with tert-alkyl or cyclic N) is 1. The van der Waals surface area contributed by atoms with Gasteiger partial charge in [0.2, 0.25) is 11.8 Å². The molecule has 2 aliphatic heterocycles. The number of aliphatic imine (C=N–C) groups is 1. The highest BCUT2D eigenvalue weighted by atomic mass is 35.5. The van der Waals surface area contributed by atoms with Crippen molar-refractivity contribution in [3.8, 4) is 0 Å². The van der Waals surface area contributed by atoms with E-state index < -0.39 is 29.9 Å². The minimum Gasteiger partial charge on any atom is -0.481 e. The van der Waals surface area contributed by atoms with Gasteiger partial charge in [0.05, 0.1) is 31.0 Å². The number of aliphatic hydroxyl groups excluding tert-OH is 1. The fourth-order valence-electron chi connectivity index (χ4n) is 4.13. The Kier molecular flexibility index (Phi) is 7.97. The Balaban J connectivity index is 1.44. The zero-order chi connectivity index (χ0) is 25.8. The van der Waals surface area contributed by atoms with E-state index in [-0.39, 0.29) is 25.3 Å². The number of guanidine groups is 1. The molecule has 0 saturated carbocycles. The molecule has 10 nitrogen and oxygen atoms in total. The van der Waals surface area contributed by atoms with E-state index in [2.05, 4.69) is 20.9 Å². The van der Waals surface area contributed by atoms with Gasteiger partial charge in [-0.3, -0.25) is 19.4 Å². The highest BCUT2D eigenvalue weighted by Gasteiger charge is 2.36. The van der Waals surface area contributed by atoms with Crippen molar-refractivity contribution in [3.05, 3.63) is 58.1 Å². The molecule has 5 N–H and O–H groups in total. The second kappa shape index (κ2) is 11.2. The molecule has 2 aliphatic rings. The van der Waals surface area contributed by atoms with E-state index in [4.69, 9.17) is 23.2 Å². The molecule has 0 radical (unpaired) electrons. The standard InChI is InChI=1S/C24H25Cl2N5O5/c25-15-4-13(5-16(26)7-15)20(9-22(34)35)30-23(36)14-6-21(33)31(12-14)18-3-1-2-17(8-18)29-24-27-10-19(32)11-28-24/h1-5,7-8,14,19-20,32H,6,9-12H2,(H,30,36)(H,34,35)(H2,27,28,29). The van der Waals surface area contributed by atoms with Crippen LogP contribution in [0.3, 0.4) is 0 Å². The number of hydrogen-bond acceptors (Lipinski definition) is 7. The van der Waals surface area contributed by atoms with Crippen LogP contribution >= 0.6 is 23.2 Å². The number of nitrogens with zero attached hydrogens (tertiary/aromatic N) is 2. The Labute approximate surface area is 217 Å². The van der Waals surface area contributed by atoms with Crippen LogP contribution in [-0.2, 0) is 14.4 Å². The average molecular weight is 534 g/mol. The summed E-state index contributed by atoms with van der Waals surface area (Å²) < 4.78 is 0. The highest BCUT2D eigenvalue weighted by Crippen LogP contribution is 2.29. The van der Waals surface area contributed by atoms with Gasteiger partial charge in [-0.1, -0.05) is 29.3 Å². The molecule has 1 saturated heterocycles. The second-order valence-corrected chi connectivity index (χ2v) is 9.54. The van der Waals surface area contributed by atoms with E-state index >= 15 is 0 Å². The van der Waals surface area contributed by atoms with E-state index in [1.807, 2.05) is 6.07 Å². The molecule has 1 fully saturated rings. The van der Waals surface area contributed by atoms with Gasteiger partial charge in [0.25, 0.3) is 0 Å². The van der Waals surface area contributed by atoms with Crippen molar-refractivity contribution >= 4 is 58.3 Å². The summed E-state index contributed by atoms with van der Waals surface area (Å²) in [5.74, 6) is -1.89. The number of aliphatic carboxylic acids is 1. The highest BCUT2D eigenvalue weighted by molar-refractivity contribution is 6.34. The lowest BCUT2D eigenvalue weighted by Crippen LogP contribution is -2.42. The molecule has 0 bridgehead atoms. The lowest BCUT2D eigenvalue weighted by atomic mass is 10.0. The lowest BCUT2D eigenvalue weighted by molar-refractivity contribution is -0.138. The van der Waals surface area contributed by atoms with Crippen molar-refractivity contribution in [2.45, 2.75) is 25.0 Å². The normalized spacial score (nSPS) is 20.4. The summed E-state index contributed by atoms with van der Waals surface area (Å²) in [5, 5.41) is 28.4. The van der Waals surface area contributed by atoms with E-state index in [9.17, 15) is 24.6 Å². The summed E-state index contributed by atoms with van der Waals surface area (Å²) in [4.78, 5) is 43.0. The molecular weight excluding hydrogens is 509 g/mol. The predicted molar refractivity (Wildman–Crippen MR) is 136 cm³/mol. The van der Waals surface area contributed by atoms with Gasteiger partial charge in [0.15, 0.2) is 5.96 Å². The van der Waals surface area contributed by atoms with Crippen molar-refractivity contribution in [2.24, 2.45) is 10.9 Å². The monoisotopic (exact) mass is 533 g/mol. The minimum atomic E-state index is -1.10. The fraction of sp³-hybridized carbons (Fsp3) is 0.333. The first-order valence-electron chi connectivity index (χ1n) is 11.3. The molecule has 36 heavy (non-hydrogen) atoms. The van der Waals surface area contributed by atoms with Gasteiger partial charge in [-0.15, -0.1) is 0 Å². The van der Waals surface area contributed by atoms with Gasteiger partial charge in [0, 0.05) is 40.9 Å². The quantitative estimate of drug-likeness (QED) is 0.367. The Bertz CT molecular complexity index is 1190. The molecule has 12 heteroatoms. The van der Waals surface area contributed by atoms with Gasteiger partial charge in [-0.05, 0) is 42.0 Å². The predicted octanol–water partition coefficient (Wildman–Crippen LogP) is 2.41. The molecule has 3 unspecified atom stereocenters. The Morgan fingerprint density at radius 2 is 1.94 bits per heavy atom. The van der Waals surface area contributed by atoms with Crippen LogP contribution < -0.4 is 20.9 Å². The maximum Gasteiger partial charge on any atom is 0.305 e. The second-order valence-electron chi connectivity index (χ2n) is 8.67. The molecule has 2 heterocycles. The van der Waals surface area contributed by atoms with Gasteiger partial charge in [-0.2, -0.15) is 0 Å². The number of carbonyl (C=O) groups excluding carboxylic acids is 2. The number of hydrogen-bond donors (Lipinski definition) is 5. The molecule has 0 aliphatic carbocycles. The molecule has 0 spiro atoms. The number of nitrogens with one attached hydrogen (secondary N) is 3. The smallest absolute Gasteiger partial charge is 0.305 e. The first-order chi connectivity index (χ1) is 17.2. The Morgan fingerprint density at radius 1 is 1.19 bits per heavy atom. The van der Waals surface area contributed by atoms with Crippen LogP contribution in [0, 0.1) is 5.92 Å². The minimum absolute atomic E-state index is 0.00820. The number of aliphatic hydroxyl groups is 1. The zero-order valence-electron chi connectivity index (χ0n) is 19.1. The molecule has 3 atom stereocenters. The van der Waals surface area contributed by atoms with Crippen molar-refractivity contribution in [1.82, 2.24) is 10.6 Å². The summed E-state index contributed by atoms with van der Waals surface area (Å²) >= 11 is 12.1. The van der Waals surface area contributed by atoms with Crippen LogP contribution in [0.2, 0.25) is 10.0 Å². The fourth-order valence-corrected chi connectivity index (χ4v) is 4.67. The third kappa shape index (κ3) is 6.45. The number of carboxylic acid groups (broad SMARTS) is 1. The van der Waals surface area contributed by atoms with Gasteiger partial charge in [0.1, 0.15) is 0 Å². The van der Waals surface area contributed by atoms with Gasteiger partial charge >= 0.3 is 5.97 Å². The molecule has 190 valence electrons. The summed E-state index contributed by atoms with van der Waals surface area (Å²) in [5.41, 5.74) is 1.77. The number of carbonyl (C=O) groups is 3. The first kappa shape index (κ1) is 25.7. The number of benzene rings is 2. The molecule has 2 aromatic carbocycles. The molecule has 4 rings (SSSR count). The molecule has 2 amide bonds. The maximum atomic E-state index is 13.1. The summed E-state index contributed by atoms with van der Waals surface area (Å²) in [6.45, 7) is 0.827. The molecule has 0 aromatic heterocycles. The first-order valence-corrected chi connectivity index (χ1v) is 12.1. The molecular formula is C24H25Cl2N5O5. The van der Waals surface area contributed by atoms with Crippen molar-refractivity contribution < 1.29 is 24.6 Å². The van der Waals surface area contributed by atoms with E-state index in [1.54, 1.807) is 30.3 Å². The number of halogens is 2. The summed E-state index contributed by atoms with van der Waals surface area (Å²) in [6, 6.07) is 10.9. The van der Waals surface area contributed by atoms with E-state index in [0.717, 1.165) is 0 Å². The third-order valence-corrected chi connectivity index (χ3v) is 6.30. The van der Waals surface area contributed by atoms with Crippen LogP contribution in [0.4, 0.5) is 11.4 Å². The SMILES string of the molecule is O=C(O)CC(NC(=O)C1CC(=O)N(c2cccc(NC3=NCC(O)CN3)c2)C1)c1cc(Cl)cc(Cl)c1. The topological polar surface area (TPSA) is 143 Å². The number of carboxylic acids is 1.